The van der Waals surface area contributed by atoms with Crippen LogP contribution in [0.2, 0.25) is 5.02 Å². The first-order chi connectivity index (χ1) is 16.5. The zero-order valence-electron chi connectivity index (χ0n) is 19.3. The Morgan fingerprint density at radius 3 is 2.32 bits per heavy atom. The number of rotatable bonds is 7. The van der Waals surface area contributed by atoms with Gasteiger partial charge in [0.2, 0.25) is 5.91 Å². The van der Waals surface area contributed by atoms with Crippen molar-refractivity contribution in [3.05, 3.63) is 70.5 Å². The molecule has 2 aromatic rings. The molecule has 3 aliphatic rings. The highest BCUT2D eigenvalue weighted by Gasteiger charge is 2.42. The molecule has 7 heteroatoms. The van der Waals surface area contributed by atoms with Gasteiger partial charge in [0.1, 0.15) is 5.82 Å². The van der Waals surface area contributed by atoms with Gasteiger partial charge in [0.25, 0.3) is 5.91 Å². The lowest BCUT2D eigenvalue weighted by atomic mass is 9.84. The summed E-state index contributed by atoms with van der Waals surface area (Å²) in [6.07, 6.45) is 3.99. The fraction of sp³-hybridized carbons (Fsp3) is 0.481. The molecule has 1 aliphatic carbocycles. The van der Waals surface area contributed by atoms with Crippen LogP contribution in [-0.4, -0.2) is 54.3 Å². The van der Waals surface area contributed by atoms with E-state index in [0.717, 1.165) is 50.9 Å². The fourth-order valence-corrected chi connectivity index (χ4v) is 5.82. The summed E-state index contributed by atoms with van der Waals surface area (Å²) in [4.78, 5) is 29.7. The predicted octanol–water partition coefficient (Wildman–Crippen LogP) is 4.53. The van der Waals surface area contributed by atoms with Crippen molar-refractivity contribution in [2.24, 2.45) is 17.8 Å². The van der Waals surface area contributed by atoms with Gasteiger partial charge in [-0.1, -0.05) is 54.4 Å². The minimum Gasteiger partial charge on any atom is -0.349 e. The average molecular weight is 484 g/mol. The Labute approximate surface area is 205 Å². The van der Waals surface area contributed by atoms with Crippen LogP contribution in [0.4, 0.5) is 4.39 Å². The van der Waals surface area contributed by atoms with E-state index in [2.05, 4.69) is 22.3 Å². The number of carbonyl (C=O) groups excluding carboxylic acids is 2. The van der Waals surface area contributed by atoms with Crippen LogP contribution in [0, 0.1) is 23.6 Å². The molecule has 2 saturated heterocycles. The number of likely N-dealkylation sites (tertiary alicyclic amines) is 2. The van der Waals surface area contributed by atoms with E-state index in [4.69, 9.17) is 11.6 Å². The van der Waals surface area contributed by atoms with Crippen molar-refractivity contribution in [1.82, 2.24) is 15.1 Å². The molecule has 2 aromatic carbocycles. The van der Waals surface area contributed by atoms with E-state index in [1.54, 1.807) is 11.0 Å². The third kappa shape index (κ3) is 4.84. The molecule has 3 atom stereocenters. The van der Waals surface area contributed by atoms with Crippen molar-refractivity contribution in [2.45, 2.75) is 31.7 Å². The standard InChI is InChI=1S/C27H31ClFN3O2/c28-22-10-5-11-23(29)25(22)27(34)32-16-20-14-31(15-21(20)17-32)13-12-24(18-6-2-1-3-7-18)30-26(33)19-8-4-9-19/h1-3,5-7,10-11,19-21,24H,4,8-9,12-17H2,(H,30,33)/t20?,21?,24-/m0/s1. The van der Waals surface area contributed by atoms with Crippen molar-refractivity contribution in [2.75, 3.05) is 32.7 Å². The number of halogens is 2. The van der Waals surface area contributed by atoms with E-state index in [1.807, 2.05) is 18.2 Å². The van der Waals surface area contributed by atoms with E-state index in [0.29, 0.717) is 24.9 Å². The number of fused-ring (bicyclic) bond motifs is 1. The molecular formula is C27H31ClFN3O2. The lowest BCUT2D eigenvalue weighted by molar-refractivity contribution is -0.128. The van der Waals surface area contributed by atoms with Crippen LogP contribution in [0.5, 0.6) is 0 Å². The van der Waals surface area contributed by atoms with E-state index in [-0.39, 0.29) is 34.4 Å². The highest BCUT2D eigenvalue weighted by atomic mass is 35.5. The number of hydrogen-bond acceptors (Lipinski definition) is 3. The van der Waals surface area contributed by atoms with Crippen molar-refractivity contribution >= 4 is 23.4 Å². The maximum atomic E-state index is 14.2. The molecule has 2 unspecified atom stereocenters. The van der Waals surface area contributed by atoms with Gasteiger partial charge >= 0.3 is 0 Å². The number of nitrogens with one attached hydrogen (secondary N) is 1. The van der Waals surface area contributed by atoms with Crippen molar-refractivity contribution in [3.8, 4) is 0 Å². The average Bonchev–Trinajstić information content (AvgIpc) is 3.35. The minimum atomic E-state index is -0.563. The summed E-state index contributed by atoms with van der Waals surface area (Å²) in [6.45, 7) is 3.98. The Hall–Kier alpha value is -2.44. The third-order valence-corrected chi connectivity index (χ3v) is 8.07. The second-order valence-electron chi connectivity index (χ2n) is 9.97. The van der Waals surface area contributed by atoms with Crippen molar-refractivity contribution < 1.29 is 14.0 Å². The van der Waals surface area contributed by atoms with Gasteiger partial charge in [0, 0.05) is 38.6 Å². The Morgan fingerprint density at radius 2 is 1.71 bits per heavy atom. The van der Waals surface area contributed by atoms with Gasteiger partial charge in [0.05, 0.1) is 16.6 Å². The summed E-state index contributed by atoms with van der Waals surface area (Å²) < 4.78 is 14.2. The lowest BCUT2D eigenvalue weighted by Crippen LogP contribution is -2.38. The topological polar surface area (TPSA) is 52.7 Å². The zero-order chi connectivity index (χ0) is 23.7. The van der Waals surface area contributed by atoms with Crippen molar-refractivity contribution in [1.29, 1.82) is 0 Å². The maximum absolute atomic E-state index is 14.2. The lowest BCUT2D eigenvalue weighted by Gasteiger charge is -2.29. The quantitative estimate of drug-likeness (QED) is 0.629. The smallest absolute Gasteiger partial charge is 0.258 e. The Morgan fingerprint density at radius 1 is 1.00 bits per heavy atom. The van der Waals surface area contributed by atoms with Crippen LogP contribution < -0.4 is 5.32 Å². The normalized spacial score (nSPS) is 23.4. The predicted molar refractivity (Wildman–Crippen MR) is 130 cm³/mol. The molecule has 180 valence electrons. The van der Waals surface area contributed by atoms with Crippen LogP contribution in [-0.2, 0) is 4.79 Å². The fourth-order valence-electron chi connectivity index (χ4n) is 5.58. The summed E-state index contributed by atoms with van der Waals surface area (Å²) in [5, 5.41) is 3.46. The molecule has 1 N–H and O–H groups in total. The number of amides is 2. The molecule has 5 rings (SSSR count). The van der Waals surface area contributed by atoms with Crippen LogP contribution in [0.25, 0.3) is 0 Å². The second kappa shape index (κ2) is 10.0. The summed E-state index contributed by atoms with van der Waals surface area (Å²) in [5.41, 5.74) is 1.13. The molecular weight excluding hydrogens is 453 g/mol. The SMILES string of the molecule is O=C(N[C@@H](CCN1CC2CN(C(=O)c3c(F)cccc3Cl)CC2C1)c1ccccc1)C1CCC1. The summed E-state index contributed by atoms with van der Waals surface area (Å²) in [6, 6.07) is 14.6. The first-order valence-corrected chi connectivity index (χ1v) is 12.7. The van der Waals surface area contributed by atoms with Gasteiger partial charge in [-0.25, -0.2) is 4.39 Å². The number of benzene rings is 2. The number of carbonyl (C=O) groups is 2. The molecule has 2 aliphatic heterocycles. The Bertz CT molecular complexity index is 1010. The maximum Gasteiger partial charge on any atom is 0.258 e. The molecule has 5 nitrogen and oxygen atoms in total. The number of hydrogen-bond donors (Lipinski definition) is 1. The molecule has 0 aromatic heterocycles. The largest absolute Gasteiger partial charge is 0.349 e. The van der Waals surface area contributed by atoms with Gasteiger partial charge in [-0.15, -0.1) is 0 Å². The molecule has 34 heavy (non-hydrogen) atoms. The van der Waals surface area contributed by atoms with E-state index in [1.165, 1.54) is 12.1 Å². The molecule has 0 bridgehead atoms. The minimum absolute atomic E-state index is 0.0102. The van der Waals surface area contributed by atoms with Crippen LogP contribution >= 0.6 is 11.6 Å². The van der Waals surface area contributed by atoms with E-state index < -0.39 is 5.82 Å². The summed E-state index contributed by atoms with van der Waals surface area (Å²) in [5.74, 6) is 0.241. The molecule has 2 amide bonds. The highest BCUT2D eigenvalue weighted by molar-refractivity contribution is 6.33. The van der Waals surface area contributed by atoms with Crippen LogP contribution in [0.1, 0.15) is 47.6 Å². The summed E-state index contributed by atoms with van der Waals surface area (Å²) >= 11 is 6.11. The Balaban J connectivity index is 1.17. The monoisotopic (exact) mass is 483 g/mol. The molecule has 0 radical (unpaired) electrons. The van der Waals surface area contributed by atoms with Gasteiger partial charge in [-0.2, -0.15) is 0 Å². The summed E-state index contributed by atoms with van der Waals surface area (Å²) in [7, 11) is 0. The molecule has 3 fully saturated rings. The van der Waals surface area contributed by atoms with Gasteiger partial charge in [-0.3, -0.25) is 9.59 Å². The molecule has 2 heterocycles. The van der Waals surface area contributed by atoms with Crippen molar-refractivity contribution in [3.63, 3.8) is 0 Å². The third-order valence-electron chi connectivity index (χ3n) is 7.75. The van der Waals surface area contributed by atoms with Gasteiger partial charge in [-0.05, 0) is 48.8 Å². The molecule has 0 spiro atoms. The van der Waals surface area contributed by atoms with E-state index in [9.17, 15) is 14.0 Å². The molecule has 1 saturated carbocycles. The van der Waals surface area contributed by atoms with Gasteiger partial charge in [0.15, 0.2) is 0 Å². The first kappa shape index (κ1) is 23.3. The zero-order valence-corrected chi connectivity index (χ0v) is 20.0. The van der Waals surface area contributed by atoms with Gasteiger partial charge < -0.3 is 15.1 Å². The second-order valence-corrected chi connectivity index (χ2v) is 10.4. The van der Waals surface area contributed by atoms with Crippen LogP contribution in [0.3, 0.4) is 0 Å². The van der Waals surface area contributed by atoms with Crippen LogP contribution in [0.15, 0.2) is 48.5 Å². The number of nitrogens with zero attached hydrogens (tertiary/aromatic N) is 2. The van der Waals surface area contributed by atoms with E-state index >= 15 is 0 Å². The first-order valence-electron chi connectivity index (χ1n) is 12.3. The Kier molecular flexibility index (Phi) is 6.89. The highest BCUT2D eigenvalue weighted by Crippen LogP contribution is 2.34.